The van der Waals surface area contributed by atoms with Gasteiger partial charge in [0, 0.05) is 11.3 Å². The molecule has 0 aromatic rings. The quantitative estimate of drug-likeness (QED) is 0.722. The first kappa shape index (κ1) is 15.6. The zero-order chi connectivity index (χ0) is 17.1. The smallest absolute Gasteiger partial charge is 0.309 e. The lowest BCUT2D eigenvalue weighted by atomic mass is 9.35. The van der Waals surface area contributed by atoms with Crippen molar-refractivity contribution in [3.05, 3.63) is 0 Å². The van der Waals surface area contributed by atoms with Gasteiger partial charge in [-0.05, 0) is 69.6 Å². The van der Waals surface area contributed by atoms with E-state index in [0.29, 0.717) is 6.10 Å². The standard InChI is InChI=1S/C20H30O4/c1-17-7-4-8-18(2,16(22)23)12(17)6-10-20-9-5-11(13(21)14(17)20)19(3)15(20)24-19/h11-15,21H,4-10H2,1-3H3,(H,22,23)/t11-,12+,13-,14+,15-,17-,18-,19-,20-/m0/s1. The predicted octanol–water partition coefficient (Wildman–Crippen LogP) is 3.22. The number of hydrogen-bond acceptors (Lipinski definition) is 3. The molecule has 0 amide bonds. The highest BCUT2D eigenvalue weighted by atomic mass is 16.6. The number of hydrogen-bond donors (Lipinski definition) is 2. The van der Waals surface area contributed by atoms with Crippen LogP contribution in [0.5, 0.6) is 0 Å². The van der Waals surface area contributed by atoms with Gasteiger partial charge < -0.3 is 14.9 Å². The molecule has 2 N–H and O–H groups in total. The largest absolute Gasteiger partial charge is 0.481 e. The molecule has 5 aliphatic carbocycles. The Balaban J connectivity index is 1.62. The summed E-state index contributed by atoms with van der Waals surface area (Å²) in [4.78, 5) is 12.1. The number of aliphatic hydroxyl groups is 1. The van der Waals surface area contributed by atoms with Gasteiger partial charge in [0.1, 0.15) is 0 Å². The summed E-state index contributed by atoms with van der Waals surface area (Å²) in [6, 6.07) is 0. The number of epoxide rings is 1. The third-order valence-corrected chi connectivity index (χ3v) is 9.46. The van der Waals surface area contributed by atoms with Crippen LogP contribution in [-0.4, -0.2) is 34.0 Å². The SMILES string of the molecule is C[C@]12CCC[C@](C)(C(=O)O)[C@@H]1CC[C@@]13CC[C@@H]([C@H](O)[C@H]21)[C@]1(C)O[C@H]31. The maximum atomic E-state index is 12.1. The Morgan fingerprint density at radius 2 is 1.79 bits per heavy atom. The highest BCUT2D eigenvalue weighted by molar-refractivity contribution is 5.75. The Morgan fingerprint density at radius 1 is 1.08 bits per heavy atom. The van der Waals surface area contributed by atoms with Crippen molar-refractivity contribution >= 4 is 5.97 Å². The molecule has 9 atom stereocenters. The second-order valence-electron chi connectivity index (χ2n) is 10.2. The number of carboxylic acids is 1. The third kappa shape index (κ3) is 1.45. The van der Waals surface area contributed by atoms with Crippen LogP contribution in [0.2, 0.25) is 0 Å². The molecule has 4 heteroatoms. The Kier molecular flexibility index (Phi) is 2.73. The normalized spacial score (nSPS) is 63.9. The van der Waals surface area contributed by atoms with Crippen LogP contribution in [0, 0.1) is 34.0 Å². The van der Waals surface area contributed by atoms with Gasteiger partial charge >= 0.3 is 5.97 Å². The Labute approximate surface area is 144 Å². The van der Waals surface area contributed by atoms with Crippen molar-refractivity contribution in [2.24, 2.45) is 34.0 Å². The molecule has 6 rings (SSSR count). The first-order valence-electron chi connectivity index (χ1n) is 9.79. The highest BCUT2D eigenvalue weighted by Gasteiger charge is 2.80. The van der Waals surface area contributed by atoms with Crippen molar-refractivity contribution < 1.29 is 19.7 Å². The molecular formula is C20H30O4. The lowest BCUT2D eigenvalue weighted by Crippen LogP contribution is -2.69. The van der Waals surface area contributed by atoms with Gasteiger partial charge in [0.05, 0.1) is 23.2 Å². The monoisotopic (exact) mass is 334 g/mol. The van der Waals surface area contributed by atoms with E-state index >= 15 is 0 Å². The van der Waals surface area contributed by atoms with Gasteiger partial charge in [0.2, 0.25) is 0 Å². The summed E-state index contributed by atoms with van der Waals surface area (Å²) in [5.74, 6) is -0.0202. The van der Waals surface area contributed by atoms with Crippen molar-refractivity contribution in [1.82, 2.24) is 0 Å². The molecule has 1 saturated heterocycles. The fourth-order valence-electron chi connectivity index (χ4n) is 8.49. The molecule has 0 radical (unpaired) electrons. The number of aliphatic carboxylic acids is 1. The molecule has 6 aliphatic rings. The minimum atomic E-state index is -0.641. The van der Waals surface area contributed by atoms with E-state index < -0.39 is 11.4 Å². The molecule has 6 fully saturated rings. The molecule has 5 saturated carbocycles. The van der Waals surface area contributed by atoms with Crippen LogP contribution in [0.4, 0.5) is 0 Å². The lowest BCUT2D eigenvalue weighted by Gasteiger charge is -2.68. The summed E-state index contributed by atoms with van der Waals surface area (Å²) >= 11 is 0. The molecule has 2 bridgehead atoms. The third-order valence-electron chi connectivity index (χ3n) is 9.46. The first-order chi connectivity index (χ1) is 11.2. The minimum absolute atomic E-state index is 0.0744. The zero-order valence-corrected chi connectivity index (χ0v) is 15.0. The van der Waals surface area contributed by atoms with E-state index in [9.17, 15) is 15.0 Å². The number of ether oxygens (including phenoxy) is 1. The Bertz CT molecular complexity index is 619. The van der Waals surface area contributed by atoms with Gasteiger partial charge in [0.25, 0.3) is 0 Å². The first-order valence-corrected chi connectivity index (χ1v) is 9.79. The predicted molar refractivity (Wildman–Crippen MR) is 88.4 cm³/mol. The average molecular weight is 334 g/mol. The van der Waals surface area contributed by atoms with E-state index in [4.69, 9.17) is 4.74 Å². The molecule has 1 spiro atoms. The fourth-order valence-corrected chi connectivity index (χ4v) is 8.49. The number of rotatable bonds is 1. The maximum absolute atomic E-state index is 12.1. The van der Waals surface area contributed by atoms with Crippen LogP contribution >= 0.6 is 0 Å². The summed E-state index contributed by atoms with van der Waals surface area (Å²) in [5, 5.41) is 21.3. The van der Waals surface area contributed by atoms with E-state index in [1.165, 1.54) is 0 Å². The van der Waals surface area contributed by atoms with Crippen LogP contribution in [0.25, 0.3) is 0 Å². The van der Waals surface area contributed by atoms with E-state index in [2.05, 4.69) is 13.8 Å². The Hall–Kier alpha value is -0.610. The summed E-state index contributed by atoms with van der Waals surface area (Å²) in [6.45, 7) is 6.45. The fraction of sp³-hybridized carbons (Fsp3) is 0.950. The van der Waals surface area contributed by atoms with E-state index in [1.54, 1.807) is 0 Å². The second kappa shape index (κ2) is 4.20. The van der Waals surface area contributed by atoms with Crippen molar-refractivity contribution in [3.63, 3.8) is 0 Å². The van der Waals surface area contributed by atoms with Gasteiger partial charge in [0.15, 0.2) is 0 Å². The van der Waals surface area contributed by atoms with Crippen LogP contribution in [0.3, 0.4) is 0 Å². The summed E-state index contributed by atoms with van der Waals surface area (Å²) in [5.41, 5.74) is -0.735. The lowest BCUT2D eigenvalue weighted by molar-refractivity contribution is -0.229. The number of carbonyl (C=O) groups is 1. The molecule has 1 heterocycles. The number of aliphatic hydroxyl groups excluding tert-OH is 1. The van der Waals surface area contributed by atoms with Gasteiger partial charge in [-0.3, -0.25) is 4.79 Å². The molecule has 4 nitrogen and oxygen atoms in total. The highest BCUT2D eigenvalue weighted by Crippen LogP contribution is 2.77. The van der Waals surface area contributed by atoms with E-state index in [-0.39, 0.29) is 40.3 Å². The summed E-state index contributed by atoms with van der Waals surface area (Å²) in [7, 11) is 0. The van der Waals surface area contributed by atoms with Gasteiger partial charge in [-0.2, -0.15) is 0 Å². The molecular weight excluding hydrogens is 304 g/mol. The molecule has 0 unspecified atom stereocenters. The topological polar surface area (TPSA) is 70.1 Å². The zero-order valence-electron chi connectivity index (χ0n) is 15.0. The van der Waals surface area contributed by atoms with Gasteiger partial charge in [-0.1, -0.05) is 13.3 Å². The van der Waals surface area contributed by atoms with Gasteiger partial charge in [-0.25, -0.2) is 0 Å². The molecule has 1 aliphatic heterocycles. The van der Waals surface area contributed by atoms with E-state index in [1.807, 2.05) is 6.92 Å². The van der Waals surface area contributed by atoms with Crippen LogP contribution in [-0.2, 0) is 9.53 Å². The van der Waals surface area contributed by atoms with Crippen LogP contribution in [0.1, 0.15) is 65.7 Å². The molecule has 134 valence electrons. The van der Waals surface area contributed by atoms with Crippen LogP contribution in [0.15, 0.2) is 0 Å². The molecule has 0 aromatic carbocycles. The minimum Gasteiger partial charge on any atom is -0.481 e. The van der Waals surface area contributed by atoms with Gasteiger partial charge in [-0.15, -0.1) is 0 Å². The van der Waals surface area contributed by atoms with Crippen molar-refractivity contribution in [2.75, 3.05) is 0 Å². The molecule has 0 aromatic heterocycles. The van der Waals surface area contributed by atoms with Crippen molar-refractivity contribution in [3.8, 4) is 0 Å². The summed E-state index contributed by atoms with van der Waals surface area (Å²) in [6.07, 6.45) is 7.00. The van der Waals surface area contributed by atoms with E-state index in [0.717, 1.165) is 44.9 Å². The number of carboxylic acid groups (broad SMARTS) is 1. The maximum Gasteiger partial charge on any atom is 0.309 e. The van der Waals surface area contributed by atoms with Crippen molar-refractivity contribution in [2.45, 2.75) is 83.5 Å². The summed E-state index contributed by atoms with van der Waals surface area (Å²) < 4.78 is 6.23. The Morgan fingerprint density at radius 3 is 2.50 bits per heavy atom. The molecule has 24 heavy (non-hydrogen) atoms. The van der Waals surface area contributed by atoms with Crippen molar-refractivity contribution in [1.29, 1.82) is 0 Å². The second-order valence-corrected chi connectivity index (χ2v) is 10.2. The average Bonchev–Trinajstić information content (AvgIpc) is 3.22. The number of fused-ring (bicyclic) bond motifs is 2. The van der Waals surface area contributed by atoms with Crippen LogP contribution < -0.4 is 0 Å².